The number of thiophene rings is 1. The smallest absolute Gasteiger partial charge is 0.251 e. The van der Waals surface area contributed by atoms with Crippen LogP contribution in [0.4, 0.5) is 0 Å². The van der Waals surface area contributed by atoms with Crippen molar-refractivity contribution < 1.29 is 9.53 Å². The first-order valence-corrected chi connectivity index (χ1v) is 8.86. The summed E-state index contributed by atoms with van der Waals surface area (Å²) in [6.07, 6.45) is 2.88. The van der Waals surface area contributed by atoms with Crippen LogP contribution in [-0.4, -0.2) is 28.5 Å². The maximum atomic E-state index is 12.1. The molecule has 3 heterocycles. The highest BCUT2D eigenvalue weighted by molar-refractivity contribution is 7.99. The Morgan fingerprint density at radius 1 is 1.48 bits per heavy atom. The van der Waals surface area contributed by atoms with Crippen molar-refractivity contribution in [3.8, 4) is 5.88 Å². The first kappa shape index (κ1) is 14.4. The Hall–Kier alpha value is -1.53. The second-order valence-electron chi connectivity index (χ2n) is 4.75. The molecule has 110 valence electrons. The summed E-state index contributed by atoms with van der Waals surface area (Å²) in [5.41, 5.74) is 0.585. The average Bonchev–Trinajstić information content (AvgIpc) is 3.18. The van der Waals surface area contributed by atoms with Gasteiger partial charge in [-0.25, -0.2) is 4.98 Å². The molecule has 1 saturated heterocycles. The Kier molecular flexibility index (Phi) is 4.77. The largest absolute Gasteiger partial charge is 0.473 e. The van der Waals surface area contributed by atoms with E-state index in [0.29, 0.717) is 18.0 Å². The van der Waals surface area contributed by atoms with Crippen molar-refractivity contribution in [1.29, 1.82) is 0 Å². The molecule has 0 radical (unpaired) electrons. The molecule has 1 atom stereocenters. The van der Waals surface area contributed by atoms with Crippen molar-refractivity contribution in [2.75, 3.05) is 11.5 Å². The Balaban J connectivity index is 1.60. The van der Waals surface area contributed by atoms with E-state index in [4.69, 9.17) is 4.74 Å². The molecule has 21 heavy (non-hydrogen) atoms. The first-order chi connectivity index (χ1) is 10.3. The van der Waals surface area contributed by atoms with Gasteiger partial charge >= 0.3 is 0 Å². The molecule has 2 aromatic rings. The zero-order chi connectivity index (χ0) is 14.5. The number of hydrogen-bond donors (Lipinski definition) is 1. The molecule has 1 amide bonds. The van der Waals surface area contributed by atoms with E-state index in [1.54, 1.807) is 29.7 Å². The molecular formula is C15H16N2O2S2. The third kappa shape index (κ3) is 3.98. The zero-order valence-electron chi connectivity index (χ0n) is 11.5. The second-order valence-corrected chi connectivity index (χ2v) is 6.93. The molecule has 0 saturated carbocycles. The molecule has 0 aliphatic carbocycles. The van der Waals surface area contributed by atoms with E-state index in [0.717, 1.165) is 22.8 Å². The van der Waals surface area contributed by atoms with Gasteiger partial charge in [0.2, 0.25) is 5.88 Å². The molecule has 0 aromatic carbocycles. The summed E-state index contributed by atoms with van der Waals surface area (Å²) in [5, 5.41) is 4.91. The first-order valence-electron chi connectivity index (χ1n) is 6.82. The molecule has 1 aliphatic heterocycles. The van der Waals surface area contributed by atoms with E-state index in [9.17, 15) is 4.79 Å². The van der Waals surface area contributed by atoms with Crippen molar-refractivity contribution in [2.24, 2.45) is 0 Å². The van der Waals surface area contributed by atoms with E-state index in [1.807, 2.05) is 29.3 Å². The lowest BCUT2D eigenvalue weighted by Gasteiger charge is -2.12. The summed E-state index contributed by atoms with van der Waals surface area (Å²) >= 11 is 3.52. The van der Waals surface area contributed by atoms with E-state index in [1.165, 1.54) is 0 Å². The lowest BCUT2D eigenvalue weighted by atomic mass is 10.2. The number of carbonyl (C=O) groups excluding carboxylic acids is 1. The lowest BCUT2D eigenvalue weighted by molar-refractivity contribution is 0.0950. The van der Waals surface area contributed by atoms with Crippen molar-refractivity contribution in [3.05, 3.63) is 46.3 Å². The van der Waals surface area contributed by atoms with Crippen LogP contribution in [0.3, 0.4) is 0 Å². The minimum absolute atomic E-state index is 0.101. The van der Waals surface area contributed by atoms with E-state index in [-0.39, 0.29) is 12.0 Å². The number of rotatable bonds is 5. The van der Waals surface area contributed by atoms with Crippen LogP contribution in [0.1, 0.15) is 21.7 Å². The average molecular weight is 320 g/mol. The van der Waals surface area contributed by atoms with Crippen LogP contribution in [0.5, 0.6) is 5.88 Å². The summed E-state index contributed by atoms with van der Waals surface area (Å²) in [7, 11) is 0. The highest BCUT2D eigenvalue weighted by Gasteiger charge is 2.18. The molecule has 1 fully saturated rings. The van der Waals surface area contributed by atoms with Gasteiger partial charge < -0.3 is 10.1 Å². The third-order valence-electron chi connectivity index (χ3n) is 3.18. The van der Waals surface area contributed by atoms with Crippen LogP contribution in [-0.2, 0) is 6.54 Å². The molecule has 0 bridgehead atoms. The Bertz CT molecular complexity index is 595. The SMILES string of the molecule is O=C(NCc1cccs1)c1ccnc(O[C@@H]2CCSC2)c1. The van der Waals surface area contributed by atoms with Crippen LogP contribution < -0.4 is 10.1 Å². The van der Waals surface area contributed by atoms with Gasteiger partial charge in [0.15, 0.2) is 0 Å². The summed E-state index contributed by atoms with van der Waals surface area (Å²) in [5.74, 6) is 2.56. The lowest BCUT2D eigenvalue weighted by Crippen LogP contribution is -2.22. The van der Waals surface area contributed by atoms with Crippen molar-refractivity contribution in [1.82, 2.24) is 10.3 Å². The highest BCUT2D eigenvalue weighted by atomic mass is 32.2. The van der Waals surface area contributed by atoms with Gasteiger partial charge in [-0.2, -0.15) is 11.8 Å². The number of thioether (sulfide) groups is 1. The summed E-state index contributed by atoms with van der Waals surface area (Å²) < 4.78 is 5.81. The van der Waals surface area contributed by atoms with Crippen molar-refractivity contribution >= 4 is 29.0 Å². The maximum absolute atomic E-state index is 12.1. The van der Waals surface area contributed by atoms with Gasteiger partial charge in [0.25, 0.3) is 5.91 Å². The summed E-state index contributed by atoms with van der Waals surface area (Å²) in [4.78, 5) is 17.5. The number of ether oxygens (including phenoxy) is 1. The number of aromatic nitrogens is 1. The number of hydrogen-bond acceptors (Lipinski definition) is 5. The van der Waals surface area contributed by atoms with E-state index >= 15 is 0 Å². The van der Waals surface area contributed by atoms with Gasteiger partial charge in [-0.15, -0.1) is 11.3 Å². The Morgan fingerprint density at radius 3 is 3.19 bits per heavy atom. The van der Waals surface area contributed by atoms with Gasteiger partial charge in [0.05, 0.1) is 6.54 Å². The Morgan fingerprint density at radius 2 is 2.43 bits per heavy atom. The molecule has 0 spiro atoms. The standard InChI is InChI=1S/C15H16N2O2S2/c18-15(17-9-13-2-1-6-21-13)11-3-5-16-14(8-11)19-12-4-7-20-10-12/h1-3,5-6,8,12H,4,7,9-10H2,(H,17,18)/t12-/m1/s1. The summed E-state index contributed by atoms with van der Waals surface area (Å²) in [6.45, 7) is 0.550. The fourth-order valence-corrected chi connectivity index (χ4v) is 3.81. The monoisotopic (exact) mass is 320 g/mol. The van der Waals surface area contributed by atoms with Gasteiger partial charge in [0, 0.05) is 28.5 Å². The molecule has 2 aromatic heterocycles. The zero-order valence-corrected chi connectivity index (χ0v) is 13.1. The Labute approximate surface area is 131 Å². The van der Waals surface area contributed by atoms with Gasteiger partial charge in [-0.05, 0) is 29.7 Å². The van der Waals surface area contributed by atoms with Gasteiger partial charge in [-0.1, -0.05) is 6.07 Å². The van der Waals surface area contributed by atoms with E-state index < -0.39 is 0 Å². The quantitative estimate of drug-likeness (QED) is 0.920. The fraction of sp³-hybridized carbons (Fsp3) is 0.333. The number of amides is 1. The number of nitrogens with zero attached hydrogens (tertiary/aromatic N) is 1. The third-order valence-corrected chi connectivity index (χ3v) is 5.18. The van der Waals surface area contributed by atoms with Crippen LogP contribution in [0, 0.1) is 0 Å². The number of carbonyl (C=O) groups is 1. The minimum atomic E-state index is -0.101. The predicted octanol–water partition coefficient (Wildman–Crippen LogP) is 2.96. The number of pyridine rings is 1. The normalized spacial score (nSPS) is 17.6. The summed E-state index contributed by atoms with van der Waals surface area (Å²) in [6, 6.07) is 7.40. The van der Waals surface area contributed by atoms with Crippen molar-refractivity contribution in [2.45, 2.75) is 19.1 Å². The molecule has 6 heteroatoms. The fourth-order valence-electron chi connectivity index (χ4n) is 2.07. The predicted molar refractivity (Wildman–Crippen MR) is 86.1 cm³/mol. The maximum Gasteiger partial charge on any atom is 0.251 e. The highest BCUT2D eigenvalue weighted by Crippen LogP contribution is 2.22. The number of nitrogens with one attached hydrogen (secondary N) is 1. The molecule has 3 rings (SSSR count). The molecular weight excluding hydrogens is 304 g/mol. The topological polar surface area (TPSA) is 51.2 Å². The minimum Gasteiger partial charge on any atom is -0.473 e. The van der Waals surface area contributed by atoms with E-state index in [2.05, 4.69) is 10.3 Å². The van der Waals surface area contributed by atoms with Crippen molar-refractivity contribution in [3.63, 3.8) is 0 Å². The molecule has 0 unspecified atom stereocenters. The van der Waals surface area contributed by atoms with Gasteiger partial charge in [-0.3, -0.25) is 4.79 Å². The molecule has 4 nitrogen and oxygen atoms in total. The van der Waals surface area contributed by atoms with Crippen LogP contribution in [0.15, 0.2) is 35.8 Å². The van der Waals surface area contributed by atoms with Crippen LogP contribution in [0.25, 0.3) is 0 Å². The van der Waals surface area contributed by atoms with Gasteiger partial charge in [0.1, 0.15) is 6.10 Å². The second kappa shape index (κ2) is 6.95. The van der Waals surface area contributed by atoms with Crippen LogP contribution >= 0.6 is 23.1 Å². The molecule has 1 aliphatic rings. The molecule has 1 N–H and O–H groups in total. The van der Waals surface area contributed by atoms with Crippen LogP contribution in [0.2, 0.25) is 0 Å².